The van der Waals surface area contributed by atoms with Crippen molar-refractivity contribution in [3.8, 4) is 0 Å². The monoisotopic (exact) mass is 611 g/mol. The molecule has 0 unspecified atom stereocenters. The van der Waals surface area contributed by atoms with E-state index in [0.29, 0.717) is 19.3 Å². The van der Waals surface area contributed by atoms with E-state index in [4.69, 9.17) is 15.3 Å². The van der Waals surface area contributed by atoms with Crippen LogP contribution in [0.1, 0.15) is 173 Å². The van der Waals surface area contributed by atoms with Gasteiger partial charge in [0, 0.05) is 19.3 Å². The van der Waals surface area contributed by atoms with E-state index in [9.17, 15) is 14.4 Å². The summed E-state index contributed by atoms with van der Waals surface area (Å²) in [7, 11) is 0. The summed E-state index contributed by atoms with van der Waals surface area (Å²) >= 11 is 0. The SMILES string of the molecule is C=CCCCCCCCCCCCCCCCCCCC[N+](CCCCC(=O)O)(CCCCC(=O)O)CCCCC(=O)O. The molecule has 0 rings (SSSR count). The van der Waals surface area contributed by atoms with Crippen molar-refractivity contribution in [3.63, 3.8) is 0 Å². The van der Waals surface area contributed by atoms with Gasteiger partial charge in [0.05, 0.1) is 26.2 Å². The first-order valence-electron chi connectivity index (χ1n) is 17.9. The minimum absolute atomic E-state index is 0.176. The third kappa shape index (κ3) is 29.9. The molecule has 0 spiro atoms. The van der Waals surface area contributed by atoms with Gasteiger partial charge >= 0.3 is 17.9 Å². The predicted octanol–water partition coefficient (Wildman–Crippen LogP) is 9.78. The van der Waals surface area contributed by atoms with Crippen LogP contribution in [0.25, 0.3) is 0 Å². The maximum Gasteiger partial charge on any atom is 0.303 e. The minimum atomic E-state index is -0.766. The lowest BCUT2D eigenvalue weighted by molar-refractivity contribution is -0.929. The Bertz CT molecular complexity index is 640. The van der Waals surface area contributed by atoms with Crippen LogP contribution < -0.4 is 0 Å². The molecular weight excluding hydrogens is 542 g/mol. The van der Waals surface area contributed by atoms with Crippen LogP contribution in [0.2, 0.25) is 0 Å². The van der Waals surface area contributed by atoms with Gasteiger partial charge in [-0.15, -0.1) is 6.58 Å². The molecule has 0 atom stereocenters. The Morgan fingerprint density at radius 3 is 0.884 bits per heavy atom. The third-order valence-electron chi connectivity index (χ3n) is 8.86. The summed E-state index contributed by atoms with van der Waals surface area (Å²) in [5.41, 5.74) is 0. The molecule has 252 valence electrons. The second-order valence-corrected chi connectivity index (χ2v) is 12.9. The van der Waals surface area contributed by atoms with Gasteiger partial charge in [-0.3, -0.25) is 14.4 Å². The van der Waals surface area contributed by atoms with Gasteiger partial charge in [-0.1, -0.05) is 96.0 Å². The standard InChI is InChI=1S/C36H67NO6/c1-2-3-4-5-6-7-8-9-10-11-12-13-14-15-16-17-18-19-23-30-37(31-24-20-27-34(38)39,32-25-21-28-35(40)41)33-26-22-29-36(42)43/h2H,1,3-33H2,(H2-,38,39,40,41,42,43)/p+1. The van der Waals surface area contributed by atoms with Gasteiger partial charge in [0.25, 0.3) is 0 Å². The van der Waals surface area contributed by atoms with Crippen LogP contribution in [-0.4, -0.2) is 63.9 Å². The second kappa shape index (κ2) is 30.1. The van der Waals surface area contributed by atoms with Crippen LogP contribution in [0.5, 0.6) is 0 Å². The topological polar surface area (TPSA) is 112 Å². The Balaban J connectivity index is 4.24. The highest BCUT2D eigenvalue weighted by atomic mass is 16.4. The number of unbranched alkanes of at least 4 members (excludes halogenated alkanes) is 20. The van der Waals surface area contributed by atoms with E-state index in [1.54, 1.807) is 0 Å². The molecule has 0 bridgehead atoms. The minimum Gasteiger partial charge on any atom is -0.481 e. The highest BCUT2D eigenvalue weighted by Crippen LogP contribution is 2.20. The van der Waals surface area contributed by atoms with Crippen LogP contribution >= 0.6 is 0 Å². The van der Waals surface area contributed by atoms with E-state index in [2.05, 4.69) is 6.58 Å². The summed E-state index contributed by atoms with van der Waals surface area (Å²) in [6.45, 7) is 7.48. The van der Waals surface area contributed by atoms with Gasteiger partial charge in [-0.05, 0) is 64.2 Å². The summed E-state index contributed by atoms with van der Waals surface area (Å²) < 4.78 is 0.870. The summed E-state index contributed by atoms with van der Waals surface area (Å²) in [6.07, 6.45) is 30.7. The molecule has 0 radical (unpaired) electrons. The summed E-state index contributed by atoms with van der Waals surface area (Å²) in [4.78, 5) is 33.0. The Morgan fingerprint density at radius 1 is 0.395 bits per heavy atom. The highest BCUT2D eigenvalue weighted by molar-refractivity contribution is 5.67. The smallest absolute Gasteiger partial charge is 0.303 e. The fourth-order valence-corrected chi connectivity index (χ4v) is 6.23. The van der Waals surface area contributed by atoms with Crippen LogP contribution in [0.15, 0.2) is 12.7 Å². The molecule has 0 saturated carbocycles. The van der Waals surface area contributed by atoms with E-state index < -0.39 is 17.9 Å². The number of hydrogen-bond acceptors (Lipinski definition) is 3. The number of aliphatic carboxylic acids is 3. The fraction of sp³-hybridized carbons (Fsp3) is 0.861. The van der Waals surface area contributed by atoms with E-state index in [-0.39, 0.29) is 19.3 Å². The van der Waals surface area contributed by atoms with Gasteiger partial charge < -0.3 is 19.8 Å². The van der Waals surface area contributed by atoms with Gasteiger partial charge in [-0.2, -0.15) is 0 Å². The van der Waals surface area contributed by atoms with Gasteiger partial charge in [-0.25, -0.2) is 0 Å². The maximum atomic E-state index is 11.0. The first-order chi connectivity index (χ1) is 20.8. The molecule has 0 aliphatic carbocycles. The van der Waals surface area contributed by atoms with Crippen molar-refractivity contribution in [2.24, 2.45) is 0 Å². The van der Waals surface area contributed by atoms with Gasteiger partial charge in [0.2, 0.25) is 0 Å². The lowest BCUT2D eigenvalue weighted by atomic mass is 10.0. The van der Waals surface area contributed by atoms with Crippen molar-refractivity contribution in [1.82, 2.24) is 0 Å². The quantitative estimate of drug-likeness (QED) is 0.0374. The summed E-state index contributed by atoms with van der Waals surface area (Å²) in [5, 5.41) is 27.2. The average molecular weight is 611 g/mol. The number of quaternary nitrogens is 1. The second-order valence-electron chi connectivity index (χ2n) is 12.9. The van der Waals surface area contributed by atoms with Gasteiger partial charge in [0.1, 0.15) is 0 Å². The molecule has 7 heteroatoms. The Hall–Kier alpha value is -1.89. The average Bonchev–Trinajstić information content (AvgIpc) is 2.96. The zero-order valence-electron chi connectivity index (χ0n) is 27.7. The summed E-state index contributed by atoms with van der Waals surface area (Å²) in [6, 6.07) is 0. The lowest BCUT2D eigenvalue weighted by Gasteiger charge is -2.39. The number of hydrogen-bond donors (Lipinski definition) is 3. The number of carbonyl (C=O) groups is 3. The largest absolute Gasteiger partial charge is 0.481 e. The van der Waals surface area contributed by atoms with Crippen molar-refractivity contribution in [3.05, 3.63) is 12.7 Å². The number of nitrogens with zero attached hydrogens (tertiary/aromatic N) is 1. The number of carboxylic acids is 3. The molecule has 0 aromatic carbocycles. The number of rotatable bonds is 35. The predicted molar refractivity (Wildman–Crippen MR) is 177 cm³/mol. The van der Waals surface area contributed by atoms with Crippen molar-refractivity contribution in [2.45, 2.75) is 173 Å². The molecule has 0 aromatic heterocycles. The fourth-order valence-electron chi connectivity index (χ4n) is 6.23. The molecule has 0 heterocycles. The number of carboxylic acid groups (broad SMARTS) is 3. The molecule has 0 aromatic rings. The molecule has 43 heavy (non-hydrogen) atoms. The maximum absolute atomic E-state index is 11.0. The first kappa shape index (κ1) is 41.1. The van der Waals surface area contributed by atoms with E-state index in [0.717, 1.165) is 62.8 Å². The molecule has 0 aliphatic heterocycles. The Morgan fingerprint density at radius 2 is 0.628 bits per heavy atom. The van der Waals surface area contributed by atoms with E-state index in [1.165, 1.54) is 103 Å². The van der Waals surface area contributed by atoms with Gasteiger partial charge in [0.15, 0.2) is 0 Å². The van der Waals surface area contributed by atoms with Crippen molar-refractivity contribution < 1.29 is 34.2 Å². The normalized spacial score (nSPS) is 11.5. The highest BCUT2D eigenvalue weighted by Gasteiger charge is 2.26. The zero-order valence-corrected chi connectivity index (χ0v) is 27.7. The van der Waals surface area contributed by atoms with Crippen molar-refractivity contribution in [1.29, 1.82) is 0 Å². The van der Waals surface area contributed by atoms with Crippen LogP contribution in [0, 0.1) is 0 Å². The Kier molecular flexibility index (Phi) is 28.8. The lowest BCUT2D eigenvalue weighted by Crippen LogP contribution is -2.51. The van der Waals surface area contributed by atoms with Crippen LogP contribution in [0.4, 0.5) is 0 Å². The van der Waals surface area contributed by atoms with Crippen molar-refractivity contribution in [2.75, 3.05) is 26.2 Å². The van der Waals surface area contributed by atoms with Crippen molar-refractivity contribution >= 4 is 17.9 Å². The molecule has 0 amide bonds. The molecular formula is C36H68NO6+. The molecule has 3 N–H and O–H groups in total. The van der Waals surface area contributed by atoms with Crippen LogP contribution in [0.3, 0.4) is 0 Å². The molecule has 7 nitrogen and oxygen atoms in total. The molecule has 0 aliphatic rings. The third-order valence-corrected chi connectivity index (χ3v) is 8.86. The Labute approximate surface area is 264 Å². The van der Waals surface area contributed by atoms with Crippen LogP contribution in [-0.2, 0) is 14.4 Å². The van der Waals surface area contributed by atoms with E-state index >= 15 is 0 Å². The molecule has 0 saturated heterocycles. The first-order valence-corrected chi connectivity index (χ1v) is 17.9. The zero-order chi connectivity index (χ0) is 31.9. The molecule has 0 fully saturated rings. The number of allylic oxidation sites excluding steroid dienone is 1. The van der Waals surface area contributed by atoms with E-state index in [1.807, 2.05) is 6.08 Å². The summed E-state index contributed by atoms with van der Waals surface area (Å²) in [5.74, 6) is -2.30.